The van der Waals surface area contributed by atoms with Crippen LogP contribution in [-0.4, -0.2) is 30.8 Å². The molecule has 0 bridgehead atoms. The Morgan fingerprint density at radius 1 is 1.18 bits per heavy atom. The van der Waals surface area contributed by atoms with E-state index in [1.54, 1.807) is 7.11 Å². The second-order valence-corrected chi connectivity index (χ2v) is 7.15. The van der Waals surface area contributed by atoms with Crippen LogP contribution in [0.2, 0.25) is 0 Å². The maximum atomic E-state index is 12.4. The highest BCUT2D eigenvalue weighted by Crippen LogP contribution is 2.46. The van der Waals surface area contributed by atoms with Crippen molar-refractivity contribution in [2.24, 2.45) is 0 Å². The number of allylic oxidation sites excluding steroid dienone is 2. The Morgan fingerprint density at radius 2 is 1.89 bits per heavy atom. The van der Waals surface area contributed by atoms with Crippen LogP contribution in [0.1, 0.15) is 79.9 Å². The standard InChI is InChI=1S/C22H30O6/c1-6-7-8-11-27-21-18(14(3)13(2)9-10-17(23)24)20(26-5)15(4)16-12-28-22(25)19(16)21/h6-12H2,1-5H3,(H,23,24)/b14-13+. The molecule has 1 aliphatic rings. The van der Waals surface area contributed by atoms with Gasteiger partial charge in [0.2, 0.25) is 0 Å². The molecule has 6 nitrogen and oxygen atoms in total. The number of methoxy groups -OCH3 is 1. The summed E-state index contributed by atoms with van der Waals surface area (Å²) in [5.74, 6) is -0.0923. The number of rotatable bonds is 10. The number of carboxylic acids is 1. The first-order chi connectivity index (χ1) is 13.3. The average Bonchev–Trinajstić information content (AvgIpc) is 3.05. The summed E-state index contributed by atoms with van der Waals surface area (Å²) in [5.41, 5.74) is 4.63. The van der Waals surface area contributed by atoms with E-state index < -0.39 is 5.97 Å². The highest BCUT2D eigenvalue weighted by atomic mass is 16.5. The Morgan fingerprint density at radius 3 is 2.50 bits per heavy atom. The molecule has 1 aliphatic heterocycles. The fourth-order valence-electron chi connectivity index (χ4n) is 3.45. The number of carbonyl (C=O) groups is 2. The Balaban J connectivity index is 2.62. The third-order valence-corrected chi connectivity index (χ3v) is 5.26. The number of ether oxygens (including phenoxy) is 3. The Labute approximate surface area is 166 Å². The molecule has 0 fully saturated rings. The summed E-state index contributed by atoms with van der Waals surface area (Å²) < 4.78 is 17.1. The van der Waals surface area contributed by atoms with E-state index in [1.807, 2.05) is 20.8 Å². The van der Waals surface area contributed by atoms with Gasteiger partial charge < -0.3 is 19.3 Å². The molecule has 28 heavy (non-hydrogen) atoms. The average molecular weight is 390 g/mol. The van der Waals surface area contributed by atoms with Crippen LogP contribution in [0.4, 0.5) is 0 Å². The minimum atomic E-state index is -0.844. The second kappa shape index (κ2) is 9.62. The third-order valence-electron chi connectivity index (χ3n) is 5.26. The van der Waals surface area contributed by atoms with Crippen LogP contribution in [0.25, 0.3) is 5.57 Å². The molecule has 0 aromatic heterocycles. The van der Waals surface area contributed by atoms with Gasteiger partial charge in [-0.25, -0.2) is 4.79 Å². The minimum absolute atomic E-state index is 0.0458. The van der Waals surface area contributed by atoms with Crippen molar-refractivity contribution in [3.63, 3.8) is 0 Å². The molecule has 0 radical (unpaired) electrons. The molecule has 0 unspecified atom stereocenters. The van der Waals surface area contributed by atoms with Crippen molar-refractivity contribution in [2.75, 3.05) is 13.7 Å². The topological polar surface area (TPSA) is 82.1 Å². The molecule has 1 heterocycles. The molecule has 6 heteroatoms. The second-order valence-electron chi connectivity index (χ2n) is 7.15. The first kappa shape index (κ1) is 21.8. The number of unbranched alkanes of at least 4 members (excludes halogenated alkanes) is 2. The van der Waals surface area contributed by atoms with Crippen LogP contribution in [0.5, 0.6) is 11.5 Å². The number of esters is 1. The van der Waals surface area contributed by atoms with E-state index in [0.717, 1.165) is 47.1 Å². The number of fused-ring (bicyclic) bond motifs is 1. The lowest BCUT2D eigenvalue weighted by molar-refractivity contribution is -0.136. The van der Waals surface area contributed by atoms with Crippen molar-refractivity contribution in [3.05, 3.63) is 27.8 Å². The molecule has 1 aromatic rings. The summed E-state index contributed by atoms with van der Waals surface area (Å²) in [6.07, 6.45) is 3.46. The van der Waals surface area contributed by atoms with Gasteiger partial charge in [0.25, 0.3) is 0 Å². The van der Waals surface area contributed by atoms with Crippen molar-refractivity contribution in [1.29, 1.82) is 0 Å². The molecule has 154 valence electrons. The van der Waals surface area contributed by atoms with Crippen molar-refractivity contribution >= 4 is 17.5 Å². The van der Waals surface area contributed by atoms with Gasteiger partial charge in [-0.1, -0.05) is 25.3 Å². The molecule has 0 aliphatic carbocycles. The lowest BCUT2D eigenvalue weighted by Gasteiger charge is -2.21. The van der Waals surface area contributed by atoms with Gasteiger partial charge in [-0.15, -0.1) is 0 Å². The van der Waals surface area contributed by atoms with Crippen molar-refractivity contribution in [1.82, 2.24) is 0 Å². The Bertz CT molecular complexity index is 791. The zero-order valence-corrected chi connectivity index (χ0v) is 17.4. The molecule has 0 saturated carbocycles. The number of carboxylic acid groups (broad SMARTS) is 1. The van der Waals surface area contributed by atoms with Crippen LogP contribution < -0.4 is 9.47 Å². The van der Waals surface area contributed by atoms with E-state index in [9.17, 15) is 9.59 Å². The number of cyclic esters (lactones) is 1. The predicted octanol–water partition coefficient (Wildman–Crippen LogP) is 4.90. The van der Waals surface area contributed by atoms with Gasteiger partial charge in [0.15, 0.2) is 0 Å². The molecule has 2 rings (SSSR count). The third kappa shape index (κ3) is 4.49. The highest BCUT2D eigenvalue weighted by molar-refractivity contribution is 6.00. The maximum Gasteiger partial charge on any atom is 0.342 e. The van der Waals surface area contributed by atoms with Crippen LogP contribution in [0.3, 0.4) is 0 Å². The van der Waals surface area contributed by atoms with Crippen LogP contribution >= 0.6 is 0 Å². The monoisotopic (exact) mass is 390 g/mol. The van der Waals surface area contributed by atoms with Crippen LogP contribution in [0.15, 0.2) is 5.57 Å². The number of carbonyl (C=O) groups excluding carboxylic acids is 1. The smallest absolute Gasteiger partial charge is 0.342 e. The zero-order chi connectivity index (χ0) is 20.8. The van der Waals surface area contributed by atoms with Gasteiger partial charge in [-0.2, -0.15) is 0 Å². The summed E-state index contributed by atoms with van der Waals surface area (Å²) in [7, 11) is 1.59. The van der Waals surface area contributed by atoms with Gasteiger partial charge in [0.05, 0.1) is 19.3 Å². The van der Waals surface area contributed by atoms with Gasteiger partial charge >= 0.3 is 11.9 Å². The fraction of sp³-hybridized carbons (Fsp3) is 0.545. The van der Waals surface area contributed by atoms with Gasteiger partial charge in [-0.3, -0.25) is 4.79 Å². The van der Waals surface area contributed by atoms with Gasteiger partial charge in [0, 0.05) is 12.0 Å². The first-order valence-electron chi connectivity index (χ1n) is 9.75. The number of hydrogen-bond donors (Lipinski definition) is 1. The maximum absolute atomic E-state index is 12.4. The summed E-state index contributed by atoms with van der Waals surface area (Å²) in [6, 6.07) is 0. The summed E-state index contributed by atoms with van der Waals surface area (Å²) in [5, 5.41) is 9.01. The molecule has 1 aromatic carbocycles. The van der Waals surface area contributed by atoms with E-state index in [2.05, 4.69) is 6.92 Å². The summed E-state index contributed by atoms with van der Waals surface area (Å²) in [6.45, 7) is 8.55. The van der Waals surface area contributed by atoms with E-state index in [-0.39, 0.29) is 19.0 Å². The lowest BCUT2D eigenvalue weighted by atomic mass is 9.90. The zero-order valence-electron chi connectivity index (χ0n) is 17.4. The normalized spacial score (nSPS) is 13.7. The number of hydrogen-bond acceptors (Lipinski definition) is 5. The quantitative estimate of drug-likeness (QED) is 0.452. The van der Waals surface area contributed by atoms with Crippen molar-refractivity contribution in [3.8, 4) is 11.5 Å². The minimum Gasteiger partial charge on any atom is -0.496 e. The summed E-state index contributed by atoms with van der Waals surface area (Å²) >= 11 is 0. The summed E-state index contributed by atoms with van der Waals surface area (Å²) in [4.78, 5) is 23.4. The SMILES string of the molecule is CCCCCOc1c2c(c(C)c(OC)c1/C(C)=C(\C)CCC(=O)O)COC2=O. The van der Waals surface area contributed by atoms with Gasteiger partial charge in [0.1, 0.15) is 23.7 Å². The van der Waals surface area contributed by atoms with E-state index >= 15 is 0 Å². The first-order valence-corrected chi connectivity index (χ1v) is 9.75. The fourth-order valence-corrected chi connectivity index (χ4v) is 3.45. The van der Waals surface area contributed by atoms with E-state index in [0.29, 0.717) is 30.1 Å². The molecule has 0 saturated heterocycles. The van der Waals surface area contributed by atoms with Gasteiger partial charge in [-0.05, 0) is 44.7 Å². The molecular formula is C22H30O6. The molecule has 0 spiro atoms. The van der Waals surface area contributed by atoms with Crippen LogP contribution in [0, 0.1) is 6.92 Å². The van der Waals surface area contributed by atoms with Crippen LogP contribution in [-0.2, 0) is 16.1 Å². The van der Waals surface area contributed by atoms with Crippen molar-refractivity contribution < 1.29 is 28.9 Å². The molecule has 1 N–H and O–H groups in total. The Hall–Kier alpha value is -2.50. The van der Waals surface area contributed by atoms with E-state index in [4.69, 9.17) is 19.3 Å². The highest BCUT2D eigenvalue weighted by Gasteiger charge is 2.34. The lowest BCUT2D eigenvalue weighted by Crippen LogP contribution is -2.09. The van der Waals surface area contributed by atoms with Crippen molar-refractivity contribution in [2.45, 2.75) is 66.4 Å². The molecule has 0 atom stereocenters. The number of benzene rings is 1. The number of aliphatic carboxylic acids is 1. The predicted molar refractivity (Wildman–Crippen MR) is 107 cm³/mol. The Kier molecular flexibility index (Phi) is 7.49. The van der Waals surface area contributed by atoms with E-state index in [1.165, 1.54) is 0 Å². The molecule has 0 amide bonds. The molecular weight excluding hydrogens is 360 g/mol. The largest absolute Gasteiger partial charge is 0.496 e.